The maximum atomic E-state index is 12.8. The summed E-state index contributed by atoms with van der Waals surface area (Å²) in [6, 6.07) is 11.6. The van der Waals surface area contributed by atoms with Crippen LogP contribution in [0.3, 0.4) is 0 Å². The van der Waals surface area contributed by atoms with Gasteiger partial charge in [0.1, 0.15) is 11.5 Å². The summed E-state index contributed by atoms with van der Waals surface area (Å²) in [6.45, 7) is 0. The fraction of sp³-hybridized carbons (Fsp3) is 0.158. The molecule has 3 rings (SSSR count). The van der Waals surface area contributed by atoms with Crippen LogP contribution in [0.15, 0.2) is 64.2 Å². The summed E-state index contributed by atoms with van der Waals surface area (Å²) < 4.78 is 45.7. The lowest BCUT2D eigenvalue weighted by Crippen LogP contribution is -2.20. The number of benzene rings is 1. The minimum absolute atomic E-state index is 0.175. The van der Waals surface area contributed by atoms with Crippen LogP contribution in [0.25, 0.3) is 11.3 Å². The van der Waals surface area contributed by atoms with Gasteiger partial charge in [0, 0.05) is 24.5 Å². The van der Waals surface area contributed by atoms with Crippen LogP contribution in [-0.4, -0.2) is 16.7 Å². The van der Waals surface area contributed by atoms with Crippen LogP contribution in [0, 0.1) is 0 Å². The predicted molar refractivity (Wildman–Crippen MR) is 94.0 cm³/mol. The van der Waals surface area contributed by atoms with Crippen LogP contribution in [0.1, 0.15) is 17.0 Å². The summed E-state index contributed by atoms with van der Waals surface area (Å²) in [5, 5.41) is 3.81. The van der Waals surface area contributed by atoms with E-state index in [-0.39, 0.29) is 18.1 Å². The van der Waals surface area contributed by atoms with Crippen molar-refractivity contribution in [3.8, 4) is 11.3 Å². The molecular formula is C19H16F3N3O2. The van der Waals surface area contributed by atoms with Gasteiger partial charge in [-0.15, -0.1) is 0 Å². The van der Waals surface area contributed by atoms with E-state index in [9.17, 15) is 18.0 Å². The third kappa shape index (κ3) is 4.66. The monoisotopic (exact) mass is 375 g/mol. The highest BCUT2D eigenvalue weighted by atomic mass is 19.4. The quantitative estimate of drug-likeness (QED) is 0.541. The van der Waals surface area contributed by atoms with Gasteiger partial charge in [-0.25, -0.2) is 5.43 Å². The number of furan rings is 1. The zero-order chi connectivity index (χ0) is 19.4. The van der Waals surface area contributed by atoms with E-state index in [0.717, 1.165) is 17.8 Å². The number of nitrogens with zero attached hydrogens (tertiary/aromatic N) is 2. The summed E-state index contributed by atoms with van der Waals surface area (Å²) >= 11 is 0. The first-order valence-electron chi connectivity index (χ1n) is 8.02. The van der Waals surface area contributed by atoms with E-state index < -0.39 is 11.7 Å². The fourth-order valence-corrected chi connectivity index (χ4v) is 2.48. The second-order valence-corrected chi connectivity index (χ2v) is 5.86. The molecule has 3 aromatic rings. The molecule has 2 heterocycles. The molecule has 1 amide bonds. The fourth-order valence-electron chi connectivity index (χ4n) is 2.48. The van der Waals surface area contributed by atoms with Gasteiger partial charge in [0.05, 0.1) is 18.2 Å². The van der Waals surface area contributed by atoms with Crippen molar-refractivity contribution in [1.82, 2.24) is 9.99 Å². The Kier molecular flexibility index (Phi) is 5.16. The molecule has 0 aliphatic heterocycles. The highest BCUT2D eigenvalue weighted by Crippen LogP contribution is 2.32. The van der Waals surface area contributed by atoms with Gasteiger partial charge in [0.2, 0.25) is 5.91 Å². The van der Waals surface area contributed by atoms with E-state index >= 15 is 0 Å². The molecule has 140 valence electrons. The topological polar surface area (TPSA) is 59.5 Å². The van der Waals surface area contributed by atoms with Crippen LogP contribution in [0.2, 0.25) is 0 Å². The number of hydrogen-bond donors (Lipinski definition) is 1. The van der Waals surface area contributed by atoms with Crippen molar-refractivity contribution < 1.29 is 22.4 Å². The number of alkyl halides is 3. The van der Waals surface area contributed by atoms with Gasteiger partial charge in [-0.2, -0.15) is 18.3 Å². The number of hydrogen-bond acceptors (Lipinski definition) is 3. The zero-order valence-corrected chi connectivity index (χ0v) is 14.3. The third-order valence-corrected chi connectivity index (χ3v) is 3.88. The Morgan fingerprint density at radius 2 is 2.04 bits per heavy atom. The number of aryl methyl sites for hydroxylation is 1. The molecule has 1 aromatic carbocycles. The molecule has 8 heteroatoms. The van der Waals surface area contributed by atoms with Gasteiger partial charge < -0.3 is 8.98 Å². The van der Waals surface area contributed by atoms with Crippen molar-refractivity contribution in [1.29, 1.82) is 0 Å². The second-order valence-electron chi connectivity index (χ2n) is 5.86. The normalized spacial score (nSPS) is 11.9. The smallest absolute Gasteiger partial charge is 0.416 e. The molecular weight excluding hydrogens is 359 g/mol. The molecule has 0 aliphatic carbocycles. The van der Waals surface area contributed by atoms with Gasteiger partial charge >= 0.3 is 6.18 Å². The van der Waals surface area contributed by atoms with Gasteiger partial charge in [-0.05, 0) is 36.4 Å². The Labute approximate surface area is 153 Å². The van der Waals surface area contributed by atoms with Crippen molar-refractivity contribution in [3.63, 3.8) is 0 Å². The third-order valence-electron chi connectivity index (χ3n) is 3.88. The maximum absolute atomic E-state index is 12.8. The number of halogens is 3. The van der Waals surface area contributed by atoms with Crippen LogP contribution < -0.4 is 5.43 Å². The van der Waals surface area contributed by atoms with E-state index in [1.807, 2.05) is 29.9 Å². The van der Waals surface area contributed by atoms with Crippen molar-refractivity contribution in [3.05, 3.63) is 71.7 Å². The molecule has 0 bridgehead atoms. The Balaban J connectivity index is 1.63. The largest absolute Gasteiger partial charge is 0.455 e. The molecule has 0 atom stereocenters. The van der Waals surface area contributed by atoms with E-state index in [1.54, 1.807) is 12.1 Å². The molecule has 0 unspecified atom stereocenters. The molecule has 1 N–H and O–H groups in total. The maximum Gasteiger partial charge on any atom is 0.416 e. The Bertz CT molecular complexity index is 970. The number of carbonyl (C=O) groups excluding carboxylic acids is 1. The number of carbonyl (C=O) groups is 1. The molecule has 0 spiro atoms. The highest BCUT2D eigenvalue weighted by molar-refractivity contribution is 5.82. The molecule has 0 radical (unpaired) electrons. The molecule has 0 saturated heterocycles. The lowest BCUT2D eigenvalue weighted by atomic mass is 10.1. The number of amides is 1. The highest BCUT2D eigenvalue weighted by Gasteiger charge is 2.30. The lowest BCUT2D eigenvalue weighted by molar-refractivity contribution is -0.137. The number of hydrazone groups is 1. The summed E-state index contributed by atoms with van der Waals surface area (Å²) in [6.07, 6.45) is -1.12. The van der Waals surface area contributed by atoms with Gasteiger partial charge in [-0.1, -0.05) is 12.1 Å². The van der Waals surface area contributed by atoms with Crippen LogP contribution in [0.5, 0.6) is 0 Å². The average molecular weight is 375 g/mol. The standard InChI is InChI=1S/C19H16F3N3O2/c1-25-9-3-6-15(25)11-18(26)24-23-12-16-7-8-17(27-16)13-4-2-5-14(10-13)19(20,21)22/h2-10,12H,11H2,1H3,(H,24,26)/b23-12+. The minimum atomic E-state index is -4.42. The van der Waals surface area contributed by atoms with Crippen molar-refractivity contribution >= 4 is 12.1 Å². The SMILES string of the molecule is Cn1cccc1CC(=O)N/N=C/c1ccc(-c2cccc(C(F)(F)F)c2)o1. The summed E-state index contributed by atoms with van der Waals surface area (Å²) in [4.78, 5) is 11.8. The van der Waals surface area contributed by atoms with Crippen molar-refractivity contribution in [2.24, 2.45) is 12.1 Å². The van der Waals surface area contributed by atoms with E-state index in [4.69, 9.17) is 4.42 Å². The first-order valence-corrected chi connectivity index (χ1v) is 8.02. The van der Waals surface area contributed by atoms with E-state index in [2.05, 4.69) is 10.5 Å². The molecule has 0 aliphatic rings. The Hall–Kier alpha value is -3.29. The van der Waals surface area contributed by atoms with Crippen molar-refractivity contribution in [2.75, 3.05) is 0 Å². The molecule has 0 fully saturated rings. The Morgan fingerprint density at radius 1 is 1.22 bits per heavy atom. The zero-order valence-electron chi connectivity index (χ0n) is 14.3. The first kappa shape index (κ1) is 18.5. The second kappa shape index (κ2) is 7.53. The minimum Gasteiger partial charge on any atom is -0.455 e. The summed E-state index contributed by atoms with van der Waals surface area (Å²) in [5.41, 5.74) is 2.78. The number of rotatable bonds is 5. The molecule has 0 saturated carbocycles. The van der Waals surface area contributed by atoms with Crippen LogP contribution in [-0.2, 0) is 24.4 Å². The molecule has 2 aromatic heterocycles. The first-order chi connectivity index (χ1) is 12.8. The predicted octanol–water partition coefficient (Wildman–Crippen LogP) is 4.00. The number of aromatic nitrogens is 1. The van der Waals surface area contributed by atoms with Gasteiger partial charge in [-0.3, -0.25) is 4.79 Å². The van der Waals surface area contributed by atoms with Gasteiger partial charge in [0.15, 0.2) is 0 Å². The van der Waals surface area contributed by atoms with Gasteiger partial charge in [0.25, 0.3) is 0 Å². The lowest BCUT2D eigenvalue weighted by Gasteiger charge is -2.07. The Morgan fingerprint density at radius 3 is 2.74 bits per heavy atom. The van der Waals surface area contributed by atoms with Crippen LogP contribution in [0.4, 0.5) is 13.2 Å². The van der Waals surface area contributed by atoms with E-state index in [0.29, 0.717) is 11.3 Å². The molecule has 27 heavy (non-hydrogen) atoms. The van der Waals surface area contributed by atoms with Crippen LogP contribution >= 0.6 is 0 Å². The van der Waals surface area contributed by atoms with E-state index in [1.165, 1.54) is 18.3 Å². The average Bonchev–Trinajstić information content (AvgIpc) is 3.24. The summed E-state index contributed by atoms with van der Waals surface area (Å²) in [5.74, 6) is 0.289. The number of nitrogens with one attached hydrogen (secondary N) is 1. The van der Waals surface area contributed by atoms with Crippen molar-refractivity contribution in [2.45, 2.75) is 12.6 Å². The molecule has 5 nitrogen and oxygen atoms in total. The summed E-state index contributed by atoms with van der Waals surface area (Å²) in [7, 11) is 1.84.